The normalized spacial score (nSPS) is 12.3. The number of aliphatic carboxylic acids is 1. The number of halogens is 1. The van der Waals surface area contributed by atoms with Crippen molar-refractivity contribution in [2.75, 3.05) is 6.54 Å². The van der Waals surface area contributed by atoms with E-state index in [2.05, 4.69) is 21.2 Å². The Bertz CT molecular complexity index is 665. The van der Waals surface area contributed by atoms with E-state index in [1.165, 1.54) is 0 Å². The predicted octanol–water partition coefficient (Wildman–Crippen LogP) is 3.43. The third-order valence-corrected chi connectivity index (χ3v) is 3.81. The molecule has 21 heavy (non-hydrogen) atoms. The molecule has 0 bridgehead atoms. The molecular weight excluding hydrogens is 338 g/mol. The highest BCUT2D eigenvalue weighted by molar-refractivity contribution is 9.10. The molecule has 0 spiro atoms. The molecule has 5 nitrogen and oxygen atoms in total. The van der Waals surface area contributed by atoms with Gasteiger partial charge < -0.3 is 14.8 Å². The van der Waals surface area contributed by atoms with Gasteiger partial charge in [0.2, 0.25) is 0 Å². The smallest absolute Gasteiger partial charge is 0.303 e. The van der Waals surface area contributed by atoms with Crippen LogP contribution in [-0.4, -0.2) is 23.5 Å². The molecule has 2 aromatic rings. The molecule has 0 radical (unpaired) electrons. The Morgan fingerprint density at radius 2 is 2.19 bits per heavy atom. The van der Waals surface area contributed by atoms with E-state index in [4.69, 9.17) is 9.52 Å². The average Bonchev–Trinajstić information content (AvgIpc) is 2.88. The second-order valence-electron chi connectivity index (χ2n) is 5.02. The number of para-hydroxylation sites is 1. The van der Waals surface area contributed by atoms with Gasteiger partial charge in [0.15, 0.2) is 5.76 Å². The Hall–Kier alpha value is -1.82. The monoisotopic (exact) mass is 353 g/mol. The molecule has 2 rings (SSSR count). The fraction of sp³-hybridized carbons (Fsp3) is 0.333. The number of hydrogen-bond acceptors (Lipinski definition) is 3. The lowest BCUT2D eigenvalue weighted by Crippen LogP contribution is -2.28. The lowest BCUT2D eigenvalue weighted by Gasteiger charge is -2.10. The third kappa shape index (κ3) is 4.07. The molecule has 0 saturated carbocycles. The summed E-state index contributed by atoms with van der Waals surface area (Å²) in [4.78, 5) is 22.5. The van der Waals surface area contributed by atoms with Crippen molar-refractivity contribution in [1.82, 2.24) is 5.32 Å². The highest BCUT2D eigenvalue weighted by Crippen LogP contribution is 2.26. The van der Waals surface area contributed by atoms with Crippen molar-refractivity contribution in [3.05, 3.63) is 34.5 Å². The van der Waals surface area contributed by atoms with Crippen LogP contribution in [0.15, 0.2) is 33.2 Å². The first kappa shape index (κ1) is 15.6. The molecule has 0 aliphatic carbocycles. The summed E-state index contributed by atoms with van der Waals surface area (Å²) in [7, 11) is 0. The van der Waals surface area contributed by atoms with Gasteiger partial charge in [-0.15, -0.1) is 0 Å². The van der Waals surface area contributed by atoms with E-state index in [1.807, 2.05) is 25.1 Å². The number of carboxylic acid groups (broad SMARTS) is 1. The second kappa shape index (κ2) is 6.76. The van der Waals surface area contributed by atoms with Gasteiger partial charge in [-0.1, -0.05) is 19.1 Å². The van der Waals surface area contributed by atoms with Crippen LogP contribution in [-0.2, 0) is 4.79 Å². The fourth-order valence-corrected chi connectivity index (χ4v) is 2.43. The van der Waals surface area contributed by atoms with Gasteiger partial charge in [0.1, 0.15) is 5.58 Å². The highest BCUT2D eigenvalue weighted by atomic mass is 79.9. The highest BCUT2D eigenvalue weighted by Gasteiger charge is 2.14. The minimum atomic E-state index is -0.824. The summed E-state index contributed by atoms with van der Waals surface area (Å²) < 4.78 is 6.34. The molecule has 0 aliphatic heterocycles. The van der Waals surface area contributed by atoms with Crippen molar-refractivity contribution in [2.45, 2.75) is 19.8 Å². The van der Waals surface area contributed by atoms with Crippen LogP contribution in [0.3, 0.4) is 0 Å². The van der Waals surface area contributed by atoms with E-state index in [-0.39, 0.29) is 24.0 Å². The van der Waals surface area contributed by atoms with E-state index < -0.39 is 5.97 Å². The first-order valence-corrected chi connectivity index (χ1v) is 7.44. The zero-order chi connectivity index (χ0) is 15.4. The lowest BCUT2D eigenvalue weighted by molar-refractivity contribution is -0.137. The van der Waals surface area contributed by atoms with Crippen molar-refractivity contribution >= 4 is 38.8 Å². The summed E-state index contributed by atoms with van der Waals surface area (Å²) in [5, 5.41) is 12.2. The van der Waals surface area contributed by atoms with Crippen molar-refractivity contribution < 1.29 is 19.1 Å². The summed E-state index contributed by atoms with van der Waals surface area (Å²) in [6.45, 7) is 2.32. The number of amides is 1. The number of fused-ring (bicyclic) bond motifs is 1. The minimum Gasteiger partial charge on any atom is -0.481 e. The third-order valence-electron chi connectivity index (χ3n) is 3.18. The molecule has 1 unspecified atom stereocenters. The second-order valence-corrected chi connectivity index (χ2v) is 5.87. The SMILES string of the molecule is CC(CCC(=O)O)CNC(=O)c1cc2cccc(Br)c2o1. The first-order chi connectivity index (χ1) is 9.97. The van der Waals surface area contributed by atoms with E-state index in [0.717, 1.165) is 9.86 Å². The summed E-state index contributed by atoms with van der Waals surface area (Å²) in [5.74, 6) is -0.765. The number of furan rings is 1. The average molecular weight is 354 g/mol. The fourth-order valence-electron chi connectivity index (χ4n) is 1.97. The lowest BCUT2D eigenvalue weighted by atomic mass is 10.1. The number of carboxylic acids is 1. The maximum Gasteiger partial charge on any atom is 0.303 e. The summed E-state index contributed by atoms with van der Waals surface area (Å²) in [6.07, 6.45) is 0.635. The van der Waals surface area contributed by atoms with Gasteiger partial charge in [0.25, 0.3) is 5.91 Å². The maximum absolute atomic E-state index is 12.0. The molecule has 1 aromatic carbocycles. The Labute approximate surface area is 130 Å². The van der Waals surface area contributed by atoms with Crippen molar-refractivity contribution in [1.29, 1.82) is 0 Å². The molecule has 0 aliphatic rings. The molecule has 1 heterocycles. The molecular formula is C15H16BrNO4. The number of rotatable bonds is 6. The van der Waals surface area contributed by atoms with Gasteiger partial charge in [0, 0.05) is 18.4 Å². The van der Waals surface area contributed by atoms with Crippen LogP contribution in [0, 0.1) is 5.92 Å². The molecule has 1 amide bonds. The van der Waals surface area contributed by atoms with Crippen LogP contribution in [0.5, 0.6) is 0 Å². The van der Waals surface area contributed by atoms with Gasteiger partial charge in [-0.2, -0.15) is 0 Å². The van der Waals surface area contributed by atoms with Gasteiger partial charge in [0.05, 0.1) is 4.47 Å². The van der Waals surface area contributed by atoms with Crippen molar-refractivity contribution in [2.24, 2.45) is 5.92 Å². The number of nitrogens with one attached hydrogen (secondary N) is 1. The zero-order valence-electron chi connectivity index (χ0n) is 11.6. The predicted molar refractivity (Wildman–Crippen MR) is 82.3 cm³/mol. The number of hydrogen-bond donors (Lipinski definition) is 2. The Kier molecular flexibility index (Phi) is 5.01. The molecule has 2 N–H and O–H groups in total. The quantitative estimate of drug-likeness (QED) is 0.833. The number of carbonyl (C=O) groups is 2. The number of carbonyl (C=O) groups excluding carboxylic acids is 1. The topological polar surface area (TPSA) is 79.5 Å². The van der Waals surface area contributed by atoms with Gasteiger partial charge in [-0.05, 0) is 40.4 Å². The van der Waals surface area contributed by atoms with E-state index in [0.29, 0.717) is 18.5 Å². The minimum absolute atomic E-state index is 0.0983. The van der Waals surface area contributed by atoms with Crippen LogP contribution in [0.4, 0.5) is 0 Å². The van der Waals surface area contributed by atoms with Crippen LogP contribution in [0.1, 0.15) is 30.3 Å². The van der Waals surface area contributed by atoms with Crippen LogP contribution in [0.2, 0.25) is 0 Å². The zero-order valence-corrected chi connectivity index (χ0v) is 13.1. The Morgan fingerprint density at radius 3 is 2.86 bits per heavy atom. The maximum atomic E-state index is 12.0. The Morgan fingerprint density at radius 1 is 1.43 bits per heavy atom. The van der Waals surface area contributed by atoms with Gasteiger partial charge in [-0.25, -0.2) is 0 Å². The molecule has 1 atom stereocenters. The van der Waals surface area contributed by atoms with Crippen LogP contribution < -0.4 is 5.32 Å². The van der Waals surface area contributed by atoms with Gasteiger partial charge >= 0.3 is 5.97 Å². The van der Waals surface area contributed by atoms with Crippen LogP contribution in [0.25, 0.3) is 11.0 Å². The van der Waals surface area contributed by atoms with E-state index in [9.17, 15) is 9.59 Å². The summed E-state index contributed by atoms with van der Waals surface area (Å²) in [5.41, 5.74) is 0.640. The van der Waals surface area contributed by atoms with E-state index in [1.54, 1.807) is 6.07 Å². The molecule has 6 heteroatoms. The van der Waals surface area contributed by atoms with Gasteiger partial charge in [-0.3, -0.25) is 9.59 Å². The molecule has 0 fully saturated rings. The standard InChI is InChI=1S/C15H16BrNO4/c1-9(5-6-13(18)19)8-17-15(20)12-7-10-3-2-4-11(16)14(10)21-12/h2-4,7,9H,5-6,8H2,1H3,(H,17,20)(H,18,19). The molecule has 1 aromatic heterocycles. The first-order valence-electron chi connectivity index (χ1n) is 6.65. The molecule has 0 saturated heterocycles. The largest absolute Gasteiger partial charge is 0.481 e. The molecule has 112 valence electrons. The summed E-state index contributed by atoms with van der Waals surface area (Å²) in [6, 6.07) is 7.28. The van der Waals surface area contributed by atoms with E-state index >= 15 is 0 Å². The van der Waals surface area contributed by atoms with Crippen molar-refractivity contribution in [3.63, 3.8) is 0 Å². The van der Waals surface area contributed by atoms with Crippen molar-refractivity contribution in [3.8, 4) is 0 Å². The number of benzene rings is 1. The summed E-state index contributed by atoms with van der Waals surface area (Å²) >= 11 is 3.37. The Balaban J connectivity index is 1.96. The van der Waals surface area contributed by atoms with Crippen LogP contribution >= 0.6 is 15.9 Å².